The molecule has 0 atom stereocenters. The molecule has 0 saturated carbocycles. The van der Waals surface area contributed by atoms with Gasteiger partial charge in [0.25, 0.3) is 0 Å². The molecule has 1 aromatic heterocycles. The average molecular weight is 234 g/mol. The third-order valence-corrected chi connectivity index (χ3v) is 3.16. The van der Waals surface area contributed by atoms with Gasteiger partial charge in [-0.25, -0.2) is 4.98 Å². The predicted molar refractivity (Wildman–Crippen MR) is 75.0 cm³/mol. The van der Waals surface area contributed by atoms with E-state index < -0.39 is 0 Å². The minimum atomic E-state index is 0.641. The molecule has 1 rings (SSSR count). The number of unbranched alkanes of at least 4 members (excludes halogenated alkanes) is 7. The molecule has 0 spiro atoms. The zero-order valence-electron chi connectivity index (χ0n) is 11.1. The smallest absolute Gasteiger partial charge is 0.123 e. The van der Waals surface area contributed by atoms with Crippen LogP contribution in [-0.2, 0) is 6.42 Å². The Morgan fingerprint density at radius 3 is 2.29 bits per heavy atom. The van der Waals surface area contributed by atoms with Crippen molar-refractivity contribution < 1.29 is 0 Å². The fourth-order valence-corrected chi connectivity index (χ4v) is 2.11. The minimum absolute atomic E-state index is 0.641. The number of aromatic nitrogens is 1. The van der Waals surface area contributed by atoms with E-state index in [-0.39, 0.29) is 0 Å². The van der Waals surface area contributed by atoms with Crippen molar-refractivity contribution in [3.8, 4) is 0 Å². The summed E-state index contributed by atoms with van der Waals surface area (Å²) in [6.07, 6.45) is 13.9. The molecule has 1 heterocycles. The van der Waals surface area contributed by atoms with E-state index in [4.69, 9.17) is 5.73 Å². The van der Waals surface area contributed by atoms with Crippen LogP contribution in [0.2, 0.25) is 0 Å². The summed E-state index contributed by atoms with van der Waals surface area (Å²) in [5.41, 5.74) is 6.97. The van der Waals surface area contributed by atoms with Gasteiger partial charge in [-0.1, -0.05) is 51.9 Å². The molecule has 0 aliphatic heterocycles. The number of anilines is 1. The summed E-state index contributed by atoms with van der Waals surface area (Å²) in [6, 6.07) is 4.05. The molecule has 17 heavy (non-hydrogen) atoms. The van der Waals surface area contributed by atoms with Gasteiger partial charge in [0.15, 0.2) is 0 Å². The maximum atomic E-state index is 5.65. The SMILES string of the molecule is CCCCCCCCCCc1ccnc(N)c1. The molecule has 0 bridgehead atoms. The van der Waals surface area contributed by atoms with Crippen molar-refractivity contribution in [2.24, 2.45) is 0 Å². The van der Waals surface area contributed by atoms with Crippen LogP contribution in [0.3, 0.4) is 0 Å². The lowest BCUT2D eigenvalue weighted by Gasteiger charge is -2.03. The number of nitrogens with zero attached hydrogens (tertiary/aromatic N) is 1. The number of nitrogen functional groups attached to an aromatic ring is 1. The zero-order valence-corrected chi connectivity index (χ0v) is 11.1. The highest BCUT2D eigenvalue weighted by Gasteiger charge is 1.95. The first kappa shape index (κ1) is 14.0. The van der Waals surface area contributed by atoms with Crippen molar-refractivity contribution in [1.82, 2.24) is 4.98 Å². The van der Waals surface area contributed by atoms with Crippen LogP contribution in [0.4, 0.5) is 5.82 Å². The van der Waals surface area contributed by atoms with E-state index in [9.17, 15) is 0 Å². The van der Waals surface area contributed by atoms with Crippen molar-refractivity contribution in [3.63, 3.8) is 0 Å². The standard InChI is InChI=1S/C15H26N2/c1-2-3-4-5-6-7-8-9-10-14-11-12-17-15(16)13-14/h11-13H,2-10H2,1H3,(H2,16,17). The molecule has 0 unspecified atom stereocenters. The number of pyridine rings is 1. The maximum absolute atomic E-state index is 5.65. The van der Waals surface area contributed by atoms with Crippen molar-refractivity contribution in [1.29, 1.82) is 0 Å². The highest BCUT2D eigenvalue weighted by molar-refractivity contribution is 5.31. The minimum Gasteiger partial charge on any atom is -0.384 e. The molecule has 96 valence electrons. The van der Waals surface area contributed by atoms with Gasteiger partial charge in [-0.15, -0.1) is 0 Å². The summed E-state index contributed by atoms with van der Waals surface area (Å²) >= 11 is 0. The van der Waals surface area contributed by atoms with Gasteiger partial charge in [0.2, 0.25) is 0 Å². The first-order valence-electron chi connectivity index (χ1n) is 7.03. The highest BCUT2D eigenvalue weighted by Crippen LogP contribution is 2.11. The van der Waals surface area contributed by atoms with Gasteiger partial charge in [0.05, 0.1) is 0 Å². The third kappa shape index (κ3) is 6.98. The molecule has 0 amide bonds. The Morgan fingerprint density at radius 2 is 1.65 bits per heavy atom. The van der Waals surface area contributed by atoms with Crippen LogP contribution in [-0.4, -0.2) is 4.98 Å². The zero-order chi connectivity index (χ0) is 12.3. The van der Waals surface area contributed by atoms with Crippen molar-refractivity contribution in [2.75, 3.05) is 5.73 Å². The molecule has 0 fully saturated rings. The Bertz CT molecular complexity index is 297. The summed E-state index contributed by atoms with van der Waals surface area (Å²) in [7, 11) is 0. The summed E-state index contributed by atoms with van der Waals surface area (Å²) in [5, 5.41) is 0. The molecule has 0 radical (unpaired) electrons. The van der Waals surface area contributed by atoms with E-state index in [1.165, 1.54) is 56.9 Å². The van der Waals surface area contributed by atoms with Gasteiger partial charge in [-0.2, -0.15) is 0 Å². The van der Waals surface area contributed by atoms with E-state index in [0.717, 1.165) is 6.42 Å². The number of hydrogen-bond donors (Lipinski definition) is 1. The Morgan fingerprint density at radius 1 is 1.00 bits per heavy atom. The first-order valence-corrected chi connectivity index (χ1v) is 7.03. The average Bonchev–Trinajstić information content (AvgIpc) is 2.33. The normalized spacial score (nSPS) is 10.6. The first-order chi connectivity index (χ1) is 8.33. The van der Waals surface area contributed by atoms with Crippen molar-refractivity contribution >= 4 is 5.82 Å². The molecule has 0 saturated heterocycles. The predicted octanol–water partition coefficient (Wildman–Crippen LogP) is 4.35. The van der Waals surface area contributed by atoms with Crippen molar-refractivity contribution in [3.05, 3.63) is 23.9 Å². The molecule has 0 aromatic carbocycles. The van der Waals surface area contributed by atoms with Gasteiger partial charge in [0.1, 0.15) is 5.82 Å². The van der Waals surface area contributed by atoms with E-state index >= 15 is 0 Å². The van der Waals surface area contributed by atoms with E-state index in [0.29, 0.717) is 5.82 Å². The van der Waals surface area contributed by atoms with Crippen LogP contribution in [0.25, 0.3) is 0 Å². The molecule has 2 nitrogen and oxygen atoms in total. The Balaban J connectivity index is 1.97. The monoisotopic (exact) mass is 234 g/mol. The van der Waals surface area contributed by atoms with Crippen molar-refractivity contribution in [2.45, 2.75) is 64.7 Å². The fraction of sp³-hybridized carbons (Fsp3) is 0.667. The Kier molecular flexibility index (Phi) is 7.44. The number of nitrogens with two attached hydrogens (primary N) is 1. The van der Waals surface area contributed by atoms with Crippen LogP contribution in [0.15, 0.2) is 18.3 Å². The third-order valence-electron chi connectivity index (χ3n) is 3.16. The second-order valence-electron chi connectivity index (χ2n) is 4.81. The Hall–Kier alpha value is -1.05. The quantitative estimate of drug-likeness (QED) is 0.645. The lowest BCUT2D eigenvalue weighted by molar-refractivity contribution is 0.575. The molecular formula is C15H26N2. The second kappa shape index (κ2) is 9.03. The van der Waals surface area contributed by atoms with Crippen LogP contribution in [0.1, 0.15) is 63.9 Å². The molecule has 0 aliphatic carbocycles. The van der Waals surface area contributed by atoms with Crippen LogP contribution < -0.4 is 5.73 Å². The number of rotatable bonds is 9. The molecule has 2 N–H and O–H groups in total. The maximum Gasteiger partial charge on any atom is 0.123 e. The Labute approximate surface area is 106 Å². The molecule has 2 heteroatoms. The summed E-state index contributed by atoms with van der Waals surface area (Å²) in [4.78, 5) is 4.00. The lowest BCUT2D eigenvalue weighted by Crippen LogP contribution is -1.92. The largest absolute Gasteiger partial charge is 0.384 e. The summed E-state index contributed by atoms with van der Waals surface area (Å²) in [5.74, 6) is 0.641. The van der Waals surface area contributed by atoms with Gasteiger partial charge in [-0.05, 0) is 30.5 Å². The van der Waals surface area contributed by atoms with E-state index in [2.05, 4.69) is 18.0 Å². The van der Waals surface area contributed by atoms with Gasteiger partial charge >= 0.3 is 0 Å². The fourth-order valence-electron chi connectivity index (χ4n) is 2.11. The summed E-state index contributed by atoms with van der Waals surface area (Å²) in [6.45, 7) is 2.26. The van der Waals surface area contributed by atoms with Crippen LogP contribution in [0.5, 0.6) is 0 Å². The molecular weight excluding hydrogens is 208 g/mol. The van der Waals surface area contributed by atoms with Gasteiger partial charge < -0.3 is 5.73 Å². The number of hydrogen-bond acceptors (Lipinski definition) is 2. The summed E-state index contributed by atoms with van der Waals surface area (Å²) < 4.78 is 0. The van der Waals surface area contributed by atoms with E-state index in [1.807, 2.05) is 6.07 Å². The topological polar surface area (TPSA) is 38.9 Å². The van der Waals surface area contributed by atoms with Crippen LogP contribution in [0, 0.1) is 0 Å². The molecule has 1 aromatic rings. The second-order valence-corrected chi connectivity index (χ2v) is 4.81. The van der Waals surface area contributed by atoms with Gasteiger partial charge in [-0.3, -0.25) is 0 Å². The van der Waals surface area contributed by atoms with E-state index in [1.54, 1.807) is 6.20 Å². The van der Waals surface area contributed by atoms with Crippen LogP contribution >= 0.6 is 0 Å². The van der Waals surface area contributed by atoms with Gasteiger partial charge in [0, 0.05) is 6.20 Å². The lowest BCUT2D eigenvalue weighted by atomic mass is 10.0. The number of aryl methyl sites for hydroxylation is 1. The highest BCUT2D eigenvalue weighted by atomic mass is 14.8. The molecule has 0 aliphatic rings.